The lowest BCUT2D eigenvalue weighted by Gasteiger charge is -2.10. The Labute approximate surface area is 89.8 Å². The average molecular weight is 216 g/mol. The summed E-state index contributed by atoms with van der Waals surface area (Å²) in [4.78, 5) is 21.7. The van der Waals surface area contributed by atoms with Crippen LogP contribution in [0.1, 0.15) is 39.0 Å². The first-order chi connectivity index (χ1) is 6.99. The zero-order valence-electron chi connectivity index (χ0n) is 9.11. The first kappa shape index (κ1) is 14.1. The molecule has 0 heterocycles. The van der Waals surface area contributed by atoms with Gasteiger partial charge in [0, 0.05) is 6.42 Å². The number of ketones is 1. The second-order valence-electron chi connectivity index (χ2n) is 3.70. The monoisotopic (exact) mass is 216 g/mol. The van der Waals surface area contributed by atoms with E-state index in [0.717, 1.165) is 6.42 Å². The molecule has 0 radical (unpaired) electrons. The van der Waals surface area contributed by atoms with Crippen LogP contribution in [0.15, 0.2) is 0 Å². The van der Waals surface area contributed by atoms with Crippen molar-refractivity contribution in [2.75, 3.05) is 0 Å². The molecule has 5 N–H and O–H groups in total. The van der Waals surface area contributed by atoms with Gasteiger partial charge in [-0.05, 0) is 25.7 Å². The lowest BCUT2D eigenvalue weighted by molar-refractivity contribution is -0.138. The maximum absolute atomic E-state index is 11.3. The normalized spacial score (nSPS) is 14.6. The summed E-state index contributed by atoms with van der Waals surface area (Å²) in [5.41, 5.74) is 10.9. The molecule has 5 nitrogen and oxygen atoms in total. The molecule has 0 saturated heterocycles. The van der Waals surface area contributed by atoms with Gasteiger partial charge in [0.25, 0.3) is 0 Å². The van der Waals surface area contributed by atoms with Gasteiger partial charge in [-0.3, -0.25) is 9.59 Å². The number of hydrogen-bond donors (Lipinski definition) is 3. The number of hydrogen-bond acceptors (Lipinski definition) is 4. The summed E-state index contributed by atoms with van der Waals surface area (Å²) >= 11 is 0. The molecule has 88 valence electrons. The zero-order chi connectivity index (χ0) is 11.8. The summed E-state index contributed by atoms with van der Waals surface area (Å²) in [7, 11) is 0. The van der Waals surface area contributed by atoms with Crippen molar-refractivity contribution in [3.05, 3.63) is 0 Å². The summed E-state index contributed by atoms with van der Waals surface area (Å²) in [6.07, 6.45) is 2.74. The van der Waals surface area contributed by atoms with Gasteiger partial charge in [0.2, 0.25) is 0 Å². The summed E-state index contributed by atoms with van der Waals surface area (Å²) in [6.45, 7) is 1.92. The van der Waals surface area contributed by atoms with Crippen LogP contribution in [0.25, 0.3) is 0 Å². The Bertz CT molecular complexity index is 219. The number of carboxylic acids is 1. The van der Waals surface area contributed by atoms with Crippen LogP contribution in [0.5, 0.6) is 0 Å². The second-order valence-corrected chi connectivity index (χ2v) is 3.70. The van der Waals surface area contributed by atoms with Crippen LogP contribution < -0.4 is 11.5 Å². The maximum Gasteiger partial charge on any atom is 0.320 e. The van der Waals surface area contributed by atoms with E-state index >= 15 is 0 Å². The second kappa shape index (κ2) is 7.36. The molecule has 1 unspecified atom stereocenters. The van der Waals surface area contributed by atoms with Crippen molar-refractivity contribution in [1.29, 1.82) is 0 Å². The van der Waals surface area contributed by atoms with Crippen molar-refractivity contribution in [2.24, 2.45) is 11.5 Å². The summed E-state index contributed by atoms with van der Waals surface area (Å²) < 4.78 is 0. The number of carboxylic acid groups (broad SMARTS) is 1. The number of carbonyl (C=O) groups is 2. The molecule has 0 aromatic carbocycles. The predicted molar refractivity (Wildman–Crippen MR) is 57.4 cm³/mol. The standard InChI is InChI=1S/C10H20N2O3/c1-2-4-9(13)7(11)5-3-6-8(12)10(14)15/h7-8H,2-6,11-12H2,1H3,(H,14,15)/t7?,8-/m0/s1. The van der Waals surface area contributed by atoms with E-state index in [1.807, 2.05) is 6.92 Å². The molecule has 0 aromatic heterocycles. The van der Waals surface area contributed by atoms with Crippen molar-refractivity contribution < 1.29 is 14.7 Å². The van der Waals surface area contributed by atoms with Gasteiger partial charge in [-0.1, -0.05) is 6.92 Å². The molecule has 0 saturated carbocycles. The largest absolute Gasteiger partial charge is 0.480 e. The third kappa shape index (κ3) is 6.19. The molecule has 0 fully saturated rings. The number of nitrogens with two attached hydrogens (primary N) is 2. The van der Waals surface area contributed by atoms with Crippen molar-refractivity contribution in [3.8, 4) is 0 Å². The van der Waals surface area contributed by atoms with Gasteiger partial charge in [-0.25, -0.2) is 0 Å². The number of Topliss-reactive ketones (excluding diaryl/α,β-unsaturated/α-hetero) is 1. The van der Waals surface area contributed by atoms with Gasteiger partial charge in [-0.2, -0.15) is 0 Å². The van der Waals surface area contributed by atoms with Crippen molar-refractivity contribution in [3.63, 3.8) is 0 Å². The van der Waals surface area contributed by atoms with Crippen LogP contribution in [0.3, 0.4) is 0 Å². The fourth-order valence-corrected chi connectivity index (χ4v) is 1.27. The molecule has 0 spiro atoms. The molecular weight excluding hydrogens is 196 g/mol. The molecule has 15 heavy (non-hydrogen) atoms. The quantitative estimate of drug-likeness (QED) is 0.539. The fraction of sp³-hybridized carbons (Fsp3) is 0.800. The molecule has 2 atom stereocenters. The third-order valence-corrected chi connectivity index (χ3v) is 2.26. The van der Waals surface area contributed by atoms with Crippen LogP contribution in [0, 0.1) is 0 Å². The molecular formula is C10H20N2O3. The molecule has 0 bridgehead atoms. The van der Waals surface area contributed by atoms with E-state index in [1.54, 1.807) is 0 Å². The Morgan fingerprint density at radius 1 is 1.20 bits per heavy atom. The first-order valence-electron chi connectivity index (χ1n) is 5.25. The third-order valence-electron chi connectivity index (χ3n) is 2.26. The van der Waals surface area contributed by atoms with Crippen LogP contribution >= 0.6 is 0 Å². The Kier molecular flexibility index (Phi) is 6.90. The molecule has 0 aliphatic rings. The lowest BCUT2D eigenvalue weighted by Crippen LogP contribution is -2.33. The maximum atomic E-state index is 11.3. The van der Waals surface area contributed by atoms with Gasteiger partial charge in [0.15, 0.2) is 0 Å². The predicted octanol–water partition coefficient (Wildman–Crippen LogP) is 0.265. The van der Waals surface area contributed by atoms with Gasteiger partial charge < -0.3 is 16.6 Å². The van der Waals surface area contributed by atoms with E-state index in [1.165, 1.54) is 0 Å². The Morgan fingerprint density at radius 3 is 2.20 bits per heavy atom. The zero-order valence-corrected chi connectivity index (χ0v) is 9.11. The lowest BCUT2D eigenvalue weighted by atomic mass is 10.0. The highest BCUT2D eigenvalue weighted by atomic mass is 16.4. The minimum absolute atomic E-state index is 0.0430. The fourth-order valence-electron chi connectivity index (χ4n) is 1.27. The highest BCUT2D eigenvalue weighted by molar-refractivity contribution is 5.83. The Morgan fingerprint density at radius 2 is 1.73 bits per heavy atom. The molecule has 0 aromatic rings. The minimum atomic E-state index is -1.01. The summed E-state index contributed by atoms with van der Waals surface area (Å²) in [6, 6.07) is -1.32. The number of carbonyl (C=O) groups excluding carboxylic acids is 1. The van der Waals surface area contributed by atoms with E-state index < -0.39 is 18.1 Å². The molecule has 0 amide bonds. The topological polar surface area (TPSA) is 106 Å². The highest BCUT2D eigenvalue weighted by Gasteiger charge is 2.15. The first-order valence-corrected chi connectivity index (χ1v) is 5.25. The van der Waals surface area contributed by atoms with Gasteiger partial charge in [0.1, 0.15) is 11.8 Å². The SMILES string of the molecule is CCCC(=O)C(N)CCC[C@H](N)C(=O)O. The van der Waals surface area contributed by atoms with Crippen LogP contribution in [-0.4, -0.2) is 28.9 Å². The summed E-state index contributed by atoms with van der Waals surface area (Å²) in [5.74, 6) is -0.968. The Balaban J connectivity index is 3.67. The molecule has 0 rings (SSSR count). The van der Waals surface area contributed by atoms with Crippen LogP contribution in [-0.2, 0) is 9.59 Å². The summed E-state index contributed by atoms with van der Waals surface area (Å²) in [5, 5.41) is 8.52. The van der Waals surface area contributed by atoms with E-state index in [9.17, 15) is 9.59 Å². The van der Waals surface area contributed by atoms with Gasteiger partial charge >= 0.3 is 5.97 Å². The average Bonchev–Trinajstić information content (AvgIpc) is 2.17. The van der Waals surface area contributed by atoms with Crippen LogP contribution in [0.4, 0.5) is 0 Å². The number of rotatable bonds is 8. The van der Waals surface area contributed by atoms with Gasteiger partial charge in [0.05, 0.1) is 6.04 Å². The van der Waals surface area contributed by atoms with Crippen LogP contribution in [0.2, 0.25) is 0 Å². The van der Waals surface area contributed by atoms with Crippen molar-refractivity contribution in [2.45, 2.75) is 51.1 Å². The minimum Gasteiger partial charge on any atom is -0.480 e. The van der Waals surface area contributed by atoms with Gasteiger partial charge in [-0.15, -0.1) is 0 Å². The molecule has 5 heteroatoms. The van der Waals surface area contributed by atoms with Crippen molar-refractivity contribution in [1.82, 2.24) is 0 Å². The Hall–Kier alpha value is -0.940. The smallest absolute Gasteiger partial charge is 0.320 e. The highest BCUT2D eigenvalue weighted by Crippen LogP contribution is 2.05. The van der Waals surface area contributed by atoms with E-state index in [-0.39, 0.29) is 5.78 Å². The van der Waals surface area contributed by atoms with E-state index in [4.69, 9.17) is 16.6 Å². The molecule has 0 aliphatic heterocycles. The molecule has 0 aliphatic carbocycles. The van der Waals surface area contributed by atoms with Crippen molar-refractivity contribution >= 4 is 11.8 Å². The van der Waals surface area contributed by atoms with E-state index in [2.05, 4.69) is 0 Å². The van der Waals surface area contributed by atoms with E-state index in [0.29, 0.717) is 25.7 Å². The number of aliphatic carboxylic acids is 1.